The lowest BCUT2D eigenvalue weighted by molar-refractivity contribution is -0.121. The van der Waals surface area contributed by atoms with Gasteiger partial charge in [0.1, 0.15) is 11.3 Å². The number of pyridine rings is 1. The van der Waals surface area contributed by atoms with E-state index < -0.39 is 5.67 Å². The van der Waals surface area contributed by atoms with Gasteiger partial charge in [-0.25, -0.2) is 9.37 Å². The third kappa shape index (κ3) is 2.70. The van der Waals surface area contributed by atoms with E-state index in [0.29, 0.717) is 12.8 Å². The predicted octanol–water partition coefficient (Wildman–Crippen LogP) is 2.65. The molecule has 2 aromatic rings. The molecule has 0 spiro atoms. The van der Waals surface area contributed by atoms with E-state index in [0.717, 1.165) is 22.2 Å². The molecule has 0 atom stereocenters. The summed E-state index contributed by atoms with van der Waals surface area (Å²) in [5.41, 5.74) is 0.398. The van der Waals surface area contributed by atoms with Crippen LogP contribution >= 0.6 is 15.9 Å². The second-order valence-corrected chi connectivity index (χ2v) is 6.20. The summed E-state index contributed by atoms with van der Waals surface area (Å²) < 4.78 is 16.6. The minimum absolute atomic E-state index is 0.117. The number of rotatable bonds is 4. The number of imidazole rings is 1. The molecule has 1 aliphatic carbocycles. The Morgan fingerprint density at radius 1 is 1.50 bits per heavy atom. The van der Waals surface area contributed by atoms with Gasteiger partial charge in [-0.2, -0.15) is 0 Å². The highest BCUT2D eigenvalue weighted by Gasteiger charge is 2.37. The Morgan fingerprint density at radius 3 is 3.00 bits per heavy atom. The molecule has 0 aliphatic heterocycles. The predicted molar refractivity (Wildman–Crippen MR) is 77.3 cm³/mol. The highest BCUT2D eigenvalue weighted by Crippen LogP contribution is 2.34. The number of hydrogen-bond acceptors (Lipinski definition) is 2. The molecule has 6 heteroatoms. The van der Waals surface area contributed by atoms with Crippen molar-refractivity contribution < 1.29 is 9.18 Å². The van der Waals surface area contributed by atoms with Crippen LogP contribution in [-0.4, -0.2) is 27.5 Å². The number of carbonyl (C=O) groups excluding carboxylic acids is 1. The molecule has 0 aromatic carbocycles. The van der Waals surface area contributed by atoms with Crippen molar-refractivity contribution in [3.05, 3.63) is 34.7 Å². The molecule has 4 nitrogen and oxygen atoms in total. The van der Waals surface area contributed by atoms with Crippen molar-refractivity contribution in [2.24, 2.45) is 0 Å². The Balaban J connectivity index is 1.66. The van der Waals surface area contributed by atoms with Gasteiger partial charge in [0.15, 0.2) is 0 Å². The van der Waals surface area contributed by atoms with E-state index in [-0.39, 0.29) is 18.9 Å². The molecule has 1 saturated carbocycles. The minimum atomic E-state index is -1.18. The lowest BCUT2D eigenvalue weighted by atomic mass is 9.82. The molecule has 20 heavy (non-hydrogen) atoms. The van der Waals surface area contributed by atoms with Crippen LogP contribution < -0.4 is 5.32 Å². The second-order valence-electron chi connectivity index (χ2n) is 5.28. The Labute approximate surface area is 124 Å². The van der Waals surface area contributed by atoms with E-state index >= 15 is 0 Å². The van der Waals surface area contributed by atoms with E-state index in [2.05, 4.69) is 26.2 Å². The van der Waals surface area contributed by atoms with Crippen LogP contribution in [0.4, 0.5) is 4.39 Å². The first-order valence-corrected chi connectivity index (χ1v) is 7.42. The number of halogens is 2. The van der Waals surface area contributed by atoms with Gasteiger partial charge < -0.3 is 9.72 Å². The molecule has 106 valence electrons. The molecule has 1 amide bonds. The fourth-order valence-corrected chi connectivity index (χ4v) is 2.69. The molecule has 1 N–H and O–H groups in total. The SMILES string of the molecule is O=C(Cc1cnc2ccc(Br)cn12)NCC1(F)CCC1. The third-order valence-corrected chi connectivity index (χ3v) is 4.21. The fourth-order valence-electron chi connectivity index (χ4n) is 2.36. The number of fused-ring (bicyclic) bond motifs is 1. The first kappa shape index (κ1) is 13.5. The molecular weight excluding hydrogens is 325 g/mol. The van der Waals surface area contributed by atoms with Crippen molar-refractivity contribution >= 4 is 27.5 Å². The van der Waals surface area contributed by atoms with E-state index in [1.807, 2.05) is 22.7 Å². The van der Waals surface area contributed by atoms with Crippen LogP contribution in [-0.2, 0) is 11.2 Å². The van der Waals surface area contributed by atoms with E-state index in [1.165, 1.54) is 0 Å². The average molecular weight is 340 g/mol. The Hall–Kier alpha value is -1.43. The number of nitrogens with zero attached hydrogens (tertiary/aromatic N) is 2. The van der Waals surface area contributed by atoms with Gasteiger partial charge in [0, 0.05) is 16.9 Å². The standard InChI is InChI=1S/C14H15BrFN3O/c15-10-2-3-12-17-7-11(19(12)8-10)6-13(20)18-9-14(16)4-1-5-14/h2-3,7-8H,1,4-6,9H2,(H,18,20). The molecule has 0 saturated heterocycles. The zero-order valence-corrected chi connectivity index (χ0v) is 12.5. The molecule has 1 aliphatic rings. The van der Waals surface area contributed by atoms with Gasteiger partial charge in [-0.1, -0.05) is 0 Å². The summed E-state index contributed by atoms with van der Waals surface area (Å²) >= 11 is 3.39. The topological polar surface area (TPSA) is 46.4 Å². The van der Waals surface area contributed by atoms with Crippen LogP contribution in [0.1, 0.15) is 25.0 Å². The highest BCUT2D eigenvalue weighted by molar-refractivity contribution is 9.10. The summed E-state index contributed by atoms with van der Waals surface area (Å²) in [6, 6.07) is 3.77. The molecule has 0 bridgehead atoms. The van der Waals surface area contributed by atoms with Gasteiger partial charge >= 0.3 is 0 Å². The fraction of sp³-hybridized carbons (Fsp3) is 0.429. The quantitative estimate of drug-likeness (QED) is 0.930. The third-order valence-electron chi connectivity index (χ3n) is 3.74. The maximum atomic E-state index is 13.8. The number of nitrogens with one attached hydrogen (secondary N) is 1. The Morgan fingerprint density at radius 2 is 2.30 bits per heavy atom. The van der Waals surface area contributed by atoms with Crippen molar-refractivity contribution in [3.8, 4) is 0 Å². The Bertz CT molecular complexity index is 651. The average Bonchev–Trinajstić information content (AvgIpc) is 2.77. The van der Waals surface area contributed by atoms with Crippen LogP contribution in [0.3, 0.4) is 0 Å². The normalized spacial score (nSPS) is 16.9. The van der Waals surface area contributed by atoms with Crippen LogP contribution in [0.2, 0.25) is 0 Å². The minimum Gasteiger partial charge on any atom is -0.353 e. The summed E-state index contributed by atoms with van der Waals surface area (Å²) in [5.74, 6) is -0.171. The zero-order valence-electron chi connectivity index (χ0n) is 10.9. The van der Waals surface area contributed by atoms with Crippen molar-refractivity contribution in [3.63, 3.8) is 0 Å². The van der Waals surface area contributed by atoms with E-state index in [9.17, 15) is 9.18 Å². The first-order valence-electron chi connectivity index (χ1n) is 6.63. The monoisotopic (exact) mass is 339 g/mol. The number of alkyl halides is 1. The summed E-state index contributed by atoms with van der Waals surface area (Å²) in [4.78, 5) is 16.1. The van der Waals surface area contributed by atoms with E-state index in [4.69, 9.17) is 0 Å². The largest absolute Gasteiger partial charge is 0.353 e. The van der Waals surface area contributed by atoms with Crippen molar-refractivity contribution in [1.82, 2.24) is 14.7 Å². The van der Waals surface area contributed by atoms with Gasteiger partial charge in [0.25, 0.3) is 0 Å². The van der Waals surface area contributed by atoms with Gasteiger partial charge in [0.05, 0.1) is 18.7 Å². The summed E-state index contributed by atoms with van der Waals surface area (Å²) in [6.07, 6.45) is 5.76. The van der Waals surface area contributed by atoms with Crippen molar-refractivity contribution in [1.29, 1.82) is 0 Å². The van der Waals surface area contributed by atoms with Crippen LogP contribution in [0.15, 0.2) is 29.0 Å². The van der Waals surface area contributed by atoms with Gasteiger partial charge in [-0.05, 0) is 47.3 Å². The lowest BCUT2D eigenvalue weighted by Crippen LogP contribution is -2.44. The number of hydrogen-bond donors (Lipinski definition) is 1. The molecular formula is C14H15BrFN3O. The van der Waals surface area contributed by atoms with Crippen LogP contribution in [0.25, 0.3) is 5.65 Å². The first-order chi connectivity index (χ1) is 9.56. The van der Waals surface area contributed by atoms with Gasteiger partial charge in [-0.3, -0.25) is 4.79 Å². The second kappa shape index (κ2) is 5.16. The van der Waals surface area contributed by atoms with Gasteiger partial charge in [0.2, 0.25) is 5.91 Å². The molecule has 0 unspecified atom stereocenters. The lowest BCUT2D eigenvalue weighted by Gasteiger charge is -2.33. The highest BCUT2D eigenvalue weighted by atomic mass is 79.9. The number of amides is 1. The summed E-state index contributed by atoms with van der Waals surface area (Å²) in [6.45, 7) is 0.117. The van der Waals surface area contributed by atoms with Crippen molar-refractivity contribution in [2.75, 3.05) is 6.54 Å². The molecule has 3 rings (SSSR count). The summed E-state index contributed by atoms with van der Waals surface area (Å²) in [5, 5.41) is 2.68. The molecule has 2 heterocycles. The maximum absolute atomic E-state index is 13.8. The van der Waals surface area contributed by atoms with Crippen molar-refractivity contribution in [2.45, 2.75) is 31.4 Å². The number of carbonyl (C=O) groups is 1. The van der Waals surface area contributed by atoms with Crippen LogP contribution in [0, 0.1) is 0 Å². The van der Waals surface area contributed by atoms with E-state index in [1.54, 1.807) is 6.20 Å². The molecule has 2 aromatic heterocycles. The molecule has 1 fully saturated rings. The smallest absolute Gasteiger partial charge is 0.226 e. The Kier molecular flexibility index (Phi) is 3.50. The number of aromatic nitrogens is 2. The maximum Gasteiger partial charge on any atom is 0.226 e. The molecule has 0 radical (unpaired) electrons. The van der Waals surface area contributed by atoms with Gasteiger partial charge in [-0.15, -0.1) is 0 Å². The summed E-state index contributed by atoms with van der Waals surface area (Å²) in [7, 11) is 0. The zero-order chi connectivity index (χ0) is 14.2. The van der Waals surface area contributed by atoms with Crippen LogP contribution in [0.5, 0.6) is 0 Å².